The Morgan fingerprint density at radius 2 is 2.40 bits per heavy atom. The molecule has 3 heterocycles. The number of pyridine rings is 1. The molecule has 2 atom stereocenters. The molecule has 1 aliphatic rings. The number of aldehydes is 1. The smallest absolute Gasteiger partial charge is 0.138 e. The topological polar surface area (TPSA) is 58.1 Å². The van der Waals surface area contributed by atoms with Crippen molar-refractivity contribution in [3.05, 3.63) is 35.1 Å². The fraction of sp³-hybridized carbons (Fsp3) is 0.357. The molecular weight excluding hydrogens is 272 g/mol. The molecule has 3 rings (SSSR count). The summed E-state index contributed by atoms with van der Waals surface area (Å²) in [6.07, 6.45) is 5.30. The molecule has 2 unspecified atom stereocenters. The van der Waals surface area contributed by atoms with Crippen molar-refractivity contribution in [2.45, 2.75) is 25.4 Å². The van der Waals surface area contributed by atoms with Gasteiger partial charge in [0.25, 0.3) is 0 Å². The van der Waals surface area contributed by atoms with Crippen molar-refractivity contribution < 1.29 is 4.79 Å². The van der Waals surface area contributed by atoms with Crippen LogP contribution in [0.3, 0.4) is 0 Å². The maximum Gasteiger partial charge on any atom is 0.138 e. The lowest BCUT2D eigenvalue weighted by atomic mass is 10.1. The highest BCUT2D eigenvalue weighted by Crippen LogP contribution is 2.35. The van der Waals surface area contributed by atoms with Gasteiger partial charge < -0.3 is 4.79 Å². The molecule has 20 heavy (non-hydrogen) atoms. The summed E-state index contributed by atoms with van der Waals surface area (Å²) in [6.45, 7) is 2.08. The van der Waals surface area contributed by atoms with Crippen LogP contribution in [0.25, 0.3) is 10.6 Å². The molecule has 2 aromatic rings. The van der Waals surface area contributed by atoms with E-state index in [2.05, 4.69) is 17.3 Å². The SMILES string of the molecule is Cc1sc(-c2cccnc2)nc1C1CC(C=O)NN1C. The first kappa shape index (κ1) is 13.4. The second-order valence-corrected chi connectivity index (χ2v) is 6.14. The first-order chi connectivity index (χ1) is 9.69. The maximum atomic E-state index is 10.9. The predicted octanol–water partition coefficient (Wildman–Crippen LogP) is 1.96. The number of carbonyl (C=O) groups is 1. The average Bonchev–Trinajstić information content (AvgIpc) is 3.02. The van der Waals surface area contributed by atoms with Crippen LogP contribution in [-0.4, -0.2) is 34.4 Å². The summed E-state index contributed by atoms with van der Waals surface area (Å²) >= 11 is 1.67. The van der Waals surface area contributed by atoms with Crippen LogP contribution in [0, 0.1) is 6.92 Å². The van der Waals surface area contributed by atoms with Crippen molar-refractivity contribution in [3.8, 4) is 10.6 Å². The largest absolute Gasteiger partial charge is 0.302 e. The lowest BCUT2D eigenvalue weighted by Gasteiger charge is -2.17. The second kappa shape index (κ2) is 5.40. The third-order valence-electron chi connectivity index (χ3n) is 3.54. The molecule has 1 fully saturated rings. The molecule has 0 saturated carbocycles. The van der Waals surface area contributed by atoms with E-state index in [1.54, 1.807) is 17.5 Å². The second-order valence-electron chi connectivity index (χ2n) is 4.94. The number of thiazole rings is 1. The van der Waals surface area contributed by atoms with Crippen molar-refractivity contribution in [1.29, 1.82) is 0 Å². The average molecular weight is 288 g/mol. The third-order valence-corrected chi connectivity index (χ3v) is 4.57. The molecule has 0 bridgehead atoms. The number of aromatic nitrogens is 2. The first-order valence-corrected chi connectivity index (χ1v) is 7.32. The summed E-state index contributed by atoms with van der Waals surface area (Å²) in [5.74, 6) is 0. The van der Waals surface area contributed by atoms with E-state index in [0.717, 1.165) is 29.0 Å². The van der Waals surface area contributed by atoms with Gasteiger partial charge in [0, 0.05) is 29.9 Å². The van der Waals surface area contributed by atoms with Gasteiger partial charge in [0.2, 0.25) is 0 Å². The van der Waals surface area contributed by atoms with Crippen molar-refractivity contribution >= 4 is 17.6 Å². The van der Waals surface area contributed by atoms with E-state index in [9.17, 15) is 4.79 Å². The molecule has 1 saturated heterocycles. The lowest BCUT2D eigenvalue weighted by Crippen LogP contribution is -2.33. The normalized spacial score (nSPS) is 23.1. The van der Waals surface area contributed by atoms with E-state index in [1.165, 1.54) is 4.88 Å². The number of carbonyl (C=O) groups excluding carboxylic acids is 1. The number of hydrazine groups is 1. The van der Waals surface area contributed by atoms with E-state index in [1.807, 2.05) is 30.4 Å². The molecule has 104 valence electrons. The molecule has 1 N–H and O–H groups in total. The maximum absolute atomic E-state index is 10.9. The first-order valence-electron chi connectivity index (χ1n) is 6.51. The summed E-state index contributed by atoms with van der Waals surface area (Å²) in [4.78, 5) is 21.0. The predicted molar refractivity (Wildman–Crippen MR) is 78.2 cm³/mol. The van der Waals surface area contributed by atoms with E-state index in [4.69, 9.17) is 4.98 Å². The van der Waals surface area contributed by atoms with Crippen LogP contribution in [0.2, 0.25) is 0 Å². The number of hydrogen-bond acceptors (Lipinski definition) is 6. The molecule has 5 nitrogen and oxygen atoms in total. The summed E-state index contributed by atoms with van der Waals surface area (Å²) < 4.78 is 0. The summed E-state index contributed by atoms with van der Waals surface area (Å²) in [7, 11) is 1.96. The Kier molecular flexibility index (Phi) is 3.60. The minimum atomic E-state index is -0.118. The zero-order valence-corrected chi connectivity index (χ0v) is 12.2. The standard InChI is InChI=1S/C14H16N4OS/c1-9-13(12-6-11(8-19)17-18(12)2)16-14(20-9)10-4-3-5-15-7-10/h3-5,7-8,11-12,17H,6H2,1-2H3. The van der Waals surface area contributed by atoms with Crippen LogP contribution >= 0.6 is 11.3 Å². The summed E-state index contributed by atoms with van der Waals surface area (Å²) in [5, 5.41) is 2.96. The Bertz CT molecular complexity index is 613. The molecular formula is C14H16N4OS. The Balaban J connectivity index is 1.92. The molecule has 0 radical (unpaired) electrons. The molecule has 2 aromatic heterocycles. The minimum Gasteiger partial charge on any atom is -0.302 e. The Hall–Kier alpha value is -1.63. The van der Waals surface area contributed by atoms with Crippen molar-refractivity contribution in [2.24, 2.45) is 0 Å². The highest BCUT2D eigenvalue weighted by molar-refractivity contribution is 7.15. The van der Waals surface area contributed by atoms with Crippen LogP contribution in [0.1, 0.15) is 23.0 Å². The molecule has 6 heteroatoms. The van der Waals surface area contributed by atoms with E-state index < -0.39 is 0 Å². The lowest BCUT2D eigenvalue weighted by molar-refractivity contribution is -0.109. The fourth-order valence-electron chi connectivity index (χ4n) is 2.51. The highest BCUT2D eigenvalue weighted by atomic mass is 32.1. The van der Waals surface area contributed by atoms with Gasteiger partial charge in [0.05, 0.1) is 17.8 Å². The van der Waals surface area contributed by atoms with Gasteiger partial charge in [-0.2, -0.15) is 0 Å². The van der Waals surface area contributed by atoms with Gasteiger partial charge in [-0.1, -0.05) is 0 Å². The van der Waals surface area contributed by atoms with Crippen LogP contribution < -0.4 is 5.43 Å². The molecule has 0 amide bonds. The summed E-state index contributed by atoms with van der Waals surface area (Å²) in [6, 6.07) is 3.96. The van der Waals surface area contributed by atoms with Crippen LogP contribution in [-0.2, 0) is 4.79 Å². The van der Waals surface area contributed by atoms with Crippen LogP contribution in [0.5, 0.6) is 0 Å². The van der Waals surface area contributed by atoms with Crippen molar-refractivity contribution in [3.63, 3.8) is 0 Å². The van der Waals surface area contributed by atoms with Crippen molar-refractivity contribution in [2.75, 3.05) is 7.05 Å². The molecule has 1 aliphatic heterocycles. The Morgan fingerprint density at radius 3 is 3.05 bits per heavy atom. The number of nitrogens with zero attached hydrogens (tertiary/aromatic N) is 3. The highest BCUT2D eigenvalue weighted by Gasteiger charge is 2.32. The number of aryl methyl sites for hydroxylation is 1. The summed E-state index contributed by atoms with van der Waals surface area (Å²) in [5.41, 5.74) is 5.23. The van der Waals surface area contributed by atoms with Crippen molar-refractivity contribution in [1.82, 2.24) is 20.4 Å². The zero-order chi connectivity index (χ0) is 14.1. The van der Waals surface area contributed by atoms with Crippen LogP contribution in [0.4, 0.5) is 0 Å². The quantitative estimate of drug-likeness (QED) is 0.875. The van der Waals surface area contributed by atoms with Gasteiger partial charge in [0.1, 0.15) is 11.3 Å². The van der Waals surface area contributed by atoms with Gasteiger partial charge in [-0.15, -0.1) is 11.3 Å². The number of rotatable bonds is 3. The third kappa shape index (κ3) is 2.37. The van der Waals surface area contributed by atoms with E-state index in [0.29, 0.717) is 0 Å². The van der Waals surface area contributed by atoms with Gasteiger partial charge in [-0.25, -0.2) is 15.4 Å². The zero-order valence-electron chi connectivity index (χ0n) is 11.4. The van der Waals surface area contributed by atoms with E-state index in [-0.39, 0.29) is 12.1 Å². The van der Waals surface area contributed by atoms with Gasteiger partial charge in [-0.3, -0.25) is 4.98 Å². The number of hydrogen-bond donors (Lipinski definition) is 1. The van der Waals surface area contributed by atoms with Crippen LogP contribution in [0.15, 0.2) is 24.5 Å². The number of nitrogens with one attached hydrogen (secondary N) is 1. The Morgan fingerprint density at radius 1 is 1.55 bits per heavy atom. The monoisotopic (exact) mass is 288 g/mol. The molecule has 0 aliphatic carbocycles. The van der Waals surface area contributed by atoms with Gasteiger partial charge >= 0.3 is 0 Å². The minimum absolute atomic E-state index is 0.118. The fourth-order valence-corrected chi connectivity index (χ4v) is 3.47. The van der Waals surface area contributed by atoms with Gasteiger partial charge in [0.15, 0.2) is 0 Å². The molecule has 0 aromatic carbocycles. The van der Waals surface area contributed by atoms with E-state index >= 15 is 0 Å². The van der Waals surface area contributed by atoms with Gasteiger partial charge in [-0.05, 0) is 25.5 Å². The Labute approximate surface area is 121 Å². The molecule has 0 spiro atoms.